The van der Waals surface area contributed by atoms with Crippen LogP contribution in [0.1, 0.15) is 38.3 Å². The average Bonchev–Trinajstić information content (AvgIpc) is 3.48. The summed E-state index contributed by atoms with van der Waals surface area (Å²) in [6, 6.07) is 12.3. The number of rotatable bonds is 4. The third-order valence-corrected chi connectivity index (χ3v) is 5.62. The van der Waals surface area contributed by atoms with Crippen LogP contribution in [-0.4, -0.2) is 24.0 Å². The summed E-state index contributed by atoms with van der Waals surface area (Å²) in [5.74, 6) is 2.45. The van der Waals surface area contributed by atoms with Gasteiger partial charge in [0.05, 0.1) is 13.2 Å². The van der Waals surface area contributed by atoms with Crippen molar-refractivity contribution >= 4 is 17.4 Å². The summed E-state index contributed by atoms with van der Waals surface area (Å²) in [6.07, 6.45) is 4.16. The Morgan fingerprint density at radius 2 is 2.00 bits per heavy atom. The first-order chi connectivity index (χ1) is 12.6. The minimum Gasteiger partial charge on any atom is -0.493 e. The molecule has 2 aliphatic rings. The molecule has 1 aromatic carbocycles. The van der Waals surface area contributed by atoms with E-state index in [2.05, 4.69) is 29.4 Å². The lowest BCUT2D eigenvalue weighted by Crippen LogP contribution is -2.51. The van der Waals surface area contributed by atoms with Crippen molar-refractivity contribution < 1.29 is 9.53 Å². The third kappa shape index (κ3) is 2.81. The number of carbonyl (C=O) groups excluding carboxylic acids is 1. The predicted octanol–water partition coefficient (Wildman–Crippen LogP) is 4.02. The number of methoxy groups -OCH3 is 1. The van der Waals surface area contributed by atoms with Gasteiger partial charge in [-0.05, 0) is 42.5 Å². The van der Waals surface area contributed by atoms with Gasteiger partial charge in [-0.1, -0.05) is 25.1 Å². The van der Waals surface area contributed by atoms with Crippen LogP contribution >= 0.6 is 0 Å². The van der Waals surface area contributed by atoms with Crippen molar-refractivity contribution in [2.45, 2.75) is 38.8 Å². The number of para-hydroxylation sites is 1. The predicted molar refractivity (Wildman–Crippen MR) is 102 cm³/mol. The second-order valence-electron chi connectivity index (χ2n) is 7.31. The van der Waals surface area contributed by atoms with Crippen molar-refractivity contribution in [3.05, 3.63) is 48.2 Å². The number of fused-ring (bicyclic) bond motifs is 1. The quantitative estimate of drug-likeness (QED) is 0.904. The normalized spacial score (nSPS) is 24.7. The molecule has 0 radical (unpaired) electrons. The van der Waals surface area contributed by atoms with Gasteiger partial charge >= 0.3 is 0 Å². The zero-order chi connectivity index (χ0) is 18.3. The molecule has 26 heavy (non-hydrogen) atoms. The van der Waals surface area contributed by atoms with Crippen LogP contribution in [0.25, 0.3) is 0 Å². The number of benzene rings is 1. The molecule has 2 heterocycles. The van der Waals surface area contributed by atoms with E-state index in [9.17, 15) is 4.79 Å². The first-order valence-corrected chi connectivity index (χ1v) is 9.26. The number of hydrogen-bond acceptors (Lipinski definition) is 4. The van der Waals surface area contributed by atoms with Crippen molar-refractivity contribution in [2.24, 2.45) is 11.8 Å². The standard InChI is InChI=1S/C21H25N3O2/c1-13-19(23-21-18(26-3)9-6-12-22-21)16-7-4-5-8-17(16)24(14(2)25)20(13)15-10-11-15/h4-9,12-13,15,19-20H,10-11H2,1-3H3,(H,22,23)/t13-,19?,20-/m1/s1. The smallest absolute Gasteiger partial charge is 0.224 e. The maximum Gasteiger partial charge on any atom is 0.224 e. The van der Waals surface area contributed by atoms with E-state index in [1.165, 1.54) is 12.8 Å². The molecular formula is C21H25N3O2. The van der Waals surface area contributed by atoms with Crippen molar-refractivity contribution in [1.29, 1.82) is 0 Å². The Morgan fingerprint density at radius 3 is 2.69 bits per heavy atom. The summed E-state index contributed by atoms with van der Waals surface area (Å²) in [4.78, 5) is 19.0. The van der Waals surface area contributed by atoms with Gasteiger partial charge in [-0.2, -0.15) is 0 Å². The SMILES string of the molecule is COc1cccnc1NC1c2ccccc2N(C(C)=O)[C@@H](C2CC2)[C@@H]1C. The molecular weight excluding hydrogens is 326 g/mol. The van der Waals surface area contributed by atoms with E-state index >= 15 is 0 Å². The van der Waals surface area contributed by atoms with E-state index in [0.717, 1.165) is 22.8 Å². The third-order valence-electron chi connectivity index (χ3n) is 5.62. The van der Waals surface area contributed by atoms with E-state index in [4.69, 9.17) is 4.74 Å². The van der Waals surface area contributed by atoms with Crippen LogP contribution in [0.4, 0.5) is 11.5 Å². The van der Waals surface area contributed by atoms with E-state index < -0.39 is 0 Å². The highest BCUT2D eigenvalue weighted by molar-refractivity contribution is 5.94. The van der Waals surface area contributed by atoms with Gasteiger partial charge in [0.15, 0.2) is 11.6 Å². The van der Waals surface area contributed by atoms with Crippen LogP contribution in [-0.2, 0) is 4.79 Å². The number of nitrogens with one attached hydrogen (secondary N) is 1. The van der Waals surface area contributed by atoms with E-state index in [0.29, 0.717) is 5.92 Å². The molecule has 3 atom stereocenters. The minimum atomic E-state index is 0.0798. The van der Waals surface area contributed by atoms with Gasteiger partial charge in [0.1, 0.15) is 0 Å². The molecule has 2 aromatic rings. The van der Waals surface area contributed by atoms with E-state index in [-0.39, 0.29) is 23.9 Å². The van der Waals surface area contributed by atoms with Crippen molar-refractivity contribution in [3.63, 3.8) is 0 Å². The molecule has 1 aliphatic heterocycles. The summed E-state index contributed by atoms with van der Waals surface area (Å²) in [7, 11) is 1.66. The van der Waals surface area contributed by atoms with Crippen LogP contribution in [0.5, 0.6) is 5.75 Å². The molecule has 4 rings (SSSR count). The number of nitrogens with zero attached hydrogens (tertiary/aromatic N) is 2. The Labute approximate surface area is 154 Å². The number of amides is 1. The van der Waals surface area contributed by atoms with Gasteiger partial charge in [-0.3, -0.25) is 4.79 Å². The zero-order valence-corrected chi connectivity index (χ0v) is 15.5. The number of hydrogen-bond donors (Lipinski definition) is 1. The number of aromatic nitrogens is 1. The van der Waals surface area contributed by atoms with Gasteiger partial charge in [-0.25, -0.2) is 4.98 Å². The molecule has 0 bridgehead atoms. The number of carbonyl (C=O) groups is 1. The Balaban J connectivity index is 1.78. The van der Waals surface area contributed by atoms with Crippen molar-refractivity contribution in [2.75, 3.05) is 17.3 Å². The summed E-state index contributed by atoms with van der Waals surface area (Å²) in [5.41, 5.74) is 2.15. The van der Waals surface area contributed by atoms with Gasteiger partial charge in [0.25, 0.3) is 0 Å². The molecule has 1 aliphatic carbocycles. The molecule has 5 heteroatoms. The topological polar surface area (TPSA) is 54.5 Å². The lowest BCUT2D eigenvalue weighted by Gasteiger charge is -2.45. The molecule has 1 amide bonds. The van der Waals surface area contributed by atoms with E-state index in [1.807, 2.05) is 29.2 Å². The molecule has 1 fully saturated rings. The first kappa shape index (κ1) is 16.9. The zero-order valence-electron chi connectivity index (χ0n) is 15.5. The molecule has 5 nitrogen and oxygen atoms in total. The fourth-order valence-corrected chi connectivity index (χ4v) is 4.32. The Bertz CT molecular complexity index is 818. The molecule has 1 aromatic heterocycles. The number of pyridine rings is 1. The summed E-state index contributed by atoms with van der Waals surface area (Å²) in [6.45, 7) is 3.91. The molecule has 1 N–H and O–H groups in total. The van der Waals surface area contributed by atoms with Crippen LogP contribution < -0.4 is 15.0 Å². The lowest BCUT2D eigenvalue weighted by molar-refractivity contribution is -0.117. The highest BCUT2D eigenvalue weighted by Crippen LogP contribution is 2.50. The molecule has 1 saturated carbocycles. The first-order valence-electron chi connectivity index (χ1n) is 9.26. The molecule has 0 spiro atoms. The van der Waals surface area contributed by atoms with Crippen molar-refractivity contribution in [1.82, 2.24) is 4.98 Å². The fourth-order valence-electron chi connectivity index (χ4n) is 4.32. The maximum absolute atomic E-state index is 12.5. The second-order valence-corrected chi connectivity index (χ2v) is 7.31. The van der Waals surface area contributed by atoms with Crippen LogP contribution in [0.15, 0.2) is 42.6 Å². The Hall–Kier alpha value is -2.56. The van der Waals surface area contributed by atoms with Gasteiger partial charge in [-0.15, -0.1) is 0 Å². The van der Waals surface area contributed by atoms with Crippen LogP contribution in [0.2, 0.25) is 0 Å². The summed E-state index contributed by atoms with van der Waals surface area (Å²) in [5, 5.41) is 3.60. The second kappa shape index (κ2) is 6.63. The summed E-state index contributed by atoms with van der Waals surface area (Å²) >= 11 is 0. The minimum absolute atomic E-state index is 0.0798. The Kier molecular flexibility index (Phi) is 4.31. The highest BCUT2D eigenvalue weighted by Gasteiger charge is 2.47. The molecule has 0 saturated heterocycles. The van der Waals surface area contributed by atoms with Gasteiger partial charge in [0.2, 0.25) is 5.91 Å². The summed E-state index contributed by atoms with van der Waals surface area (Å²) < 4.78 is 5.47. The number of ether oxygens (including phenoxy) is 1. The van der Waals surface area contributed by atoms with E-state index in [1.54, 1.807) is 20.2 Å². The monoisotopic (exact) mass is 351 g/mol. The van der Waals surface area contributed by atoms with Crippen LogP contribution in [0, 0.1) is 11.8 Å². The van der Waals surface area contributed by atoms with Crippen molar-refractivity contribution in [3.8, 4) is 5.75 Å². The number of anilines is 2. The average molecular weight is 351 g/mol. The fraction of sp³-hybridized carbons (Fsp3) is 0.429. The van der Waals surface area contributed by atoms with Crippen LogP contribution in [0.3, 0.4) is 0 Å². The molecule has 136 valence electrons. The lowest BCUT2D eigenvalue weighted by atomic mass is 9.80. The molecule has 1 unspecified atom stereocenters. The Morgan fingerprint density at radius 1 is 1.23 bits per heavy atom. The maximum atomic E-state index is 12.5. The van der Waals surface area contributed by atoms with Gasteiger partial charge in [0, 0.05) is 30.8 Å². The highest BCUT2D eigenvalue weighted by atomic mass is 16.5. The largest absolute Gasteiger partial charge is 0.493 e. The van der Waals surface area contributed by atoms with Gasteiger partial charge < -0.3 is 15.0 Å².